The van der Waals surface area contributed by atoms with Crippen molar-refractivity contribution in [2.75, 3.05) is 6.26 Å². The number of carbonyl (C=O) groups excluding carboxylic acids is 1. The summed E-state index contributed by atoms with van der Waals surface area (Å²) in [5.41, 5.74) is 5.93. The van der Waals surface area contributed by atoms with Gasteiger partial charge in [0.25, 0.3) is 0 Å². The lowest BCUT2D eigenvalue weighted by Crippen LogP contribution is -2.48. The van der Waals surface area contributed by atoms with Crippen LogP contribution in [0.5, 0.6) is 0 Å². The minimum atomic E-state index is -0.820. The van der Waals surface area contributed by atoms with Gasteiger partial charge in [-0.05, 0) is 37.8 Å². The minimum Gasteiger partial charge on any atom is -0.350 e. The summed E-state index contributed by atoms with van der Waals surface area (Å²) in [6, 6.07) is 8.10. The van der Waals surface area contributed by atoms with Crippen LogP contribution in [-0.2, 0) is 11.3 Å². The number of hydrogen-bond acceptors (Lipinski definition) is 3. The standard InChI is InChI=1S/C12H18N2OS/c1-12(2,13)11(15)14-8-9-4-6-10(16-3)7-5-9/h4-7H,8,13H2,1-3H3,(H,14,15). The Bertz CT molecular complexity index is 354. The van der Waals surface area contributed by atoms with Gasteiger partial charge in [0.15, 0.2) is 0 Å². The van der Waals surface area contributed by atoms with Gasteiger partial charge in [-0.2, -0.15) is 0 Å². The maximum absolute atomic E-state index is 11.5. The monoisotopic (exact) mass is 238 g/mol. The molecule has 4 heteroatoms. The third-order valence-corrected chi connectivity index (χ3v) is 2.94. The molecule has 0 saturated carbocycles. The predicted molar refractivity (Wildman–Crippen MR) is 68.3 cm³/mol. The van der Waals surface area contributed by atoms with Crippen LogP contribution in [0.2, 0.25) is 0 Å². The molecule has 0 aliphatic heterocycles. The van der Waals surface area contributed by atoms with Gasteiger partial charge in [-0.3, -0.25) is 4.79 Å². The second kappa shape index (κ2) is 5.37. The third kappa shape index (κ3) is 3.87. The number of benzene rings is 1. The van der Waals surface area contributed by atoms with Crippen molar-refractivity contribution in [3.05, 3.63) is 29.8 Å². The van der Waals surface area contributed by atoms with E-state index in [1.165, 1.54) is 4.90 Å². The molecule has 0 aliphatic rings. The number of nitrogens with one attached hydrogen (secondary N) is 1. The molecular formula is C12H18N2OS. The van der Waals surface area contributed by atoms with Crippen LogP contribution in [0, 0.1) is 0 Å². The number of hydrogen-bond donors (Lipinski definition) is 2. The maximum atomic E-state index is 11.5. The van der Waals surface area contributed by atoms with Gasteiger partial charge < -0.3 is 11.1 Å². The Hall–Kier alpha value is -1.00. The quantitative estimate of drug-likeness (QED) is 0.786. The van der Waals surface area contributed by atoms with Crippen LogP contribution in [0.1, 0.15) is 19.4 Å². The van der Waals surface area contributed by atoms with Crippen LogP contribution in [0.15, 0.2) is 29.2 Å². The molecule has 88 valence electrons. The molecule has 16 heavy (non-hydrogen) atoms. The average Bonchev–Trinajstić information content (AvgIpc) is 2.25. The van der Waals surface area contributed by atoms with E-state index in [0.29, 0.717) is 6.54 Å². The summed E-state index contributed by atoms with van der Waals surface area (Å²) in [4.78, 5) is 12.7. The second-order valence-electron chi connectivity index (χ2n) is 4.25. The van der Waals surface area contributed by atoms with Gasteiger partial charge in [0.1, 0.15) is 0 Å². The van der Waals surface area contributed by atoms with Gasteiger partial charge in [-0.1, -0.05) is 12.1 Å². The lowest BCUT2D eigenvalue weighted by molar-refractivity contribution is -0.125. The molecule has 0 unspecified atom stereocenters. The van der Waals surface area contributed by atoms with Crippen LogP contribution >= 0.6 is 11.8 Å². The summed E-state index contributed by atoms with van der Waals surface area (Å²) in [5, 5.41) is 2.81. The van der Waals surface area contributed by atoms with E-state index in [1.54, 1.807) is 25.6 Å². The van der Waals surface area contributed by atoms with E-state index in [0.717, 1.165) is 5.56 Å². The highest BCUT2D eigenvalue weighted by Gasteiger charge is 2.20. The van der Waals surface area contributed by atoms with Gasteiger partial charge in [0.2, 0.25) is 5.91 Å². The van der Waals surface area contributed by atoms with Gasteiger partial charge >= 0.3 is 0 Å². The van der Waals surface area contributed by atoms with E-state index < -0.39 is 5.54 Å². The first-order chi connectivity index (χ1) is 7.43. The highest BCUT2D eigenvalue weighted by molar-refractivity contribution is 7.98. The van der Waals surface area contributed by atoms with Gasteiger partial charge in [-0.25, -0.2) is 0 Å². The Balaban J connectivity index is 2.52. The van der Waals surface area contributed by atoms with Gasteiger partial charge in [-0.15, -0.1) is 11.8 Å². The van der Waals surface area contributed by atoms with E-state index in [-0.39, 0.29) is 5.91 Å². The fraction of sp³-hybridized carbons (Fsp3) is 0.417. The zero-order chi connectivity index (χ0) is 12.2. The molecule has 0 bridgehead atoms. The summed E-state index contributed by atoms with van der Waals surface area (Å²) in [6.07, 6.45) is 2.04. The van der Waals surface area contributed by atoms with Gasteiger partial charge in [0, 0.05) is 11.4 Å². The van der Waals surface area contributed by atoms with E-state index >= 15 is 0 Å². The van der Waals surface area contributed by atoms with Crippen LogP contribution in [-0.4, -0.2) is 17.7 Å². The Kier molecular flexibility index (Phi) is 4.38. The molecule has 0 heterocycles. The fourth-order valence-electron chi connectivity index (χ4n) is 1.15. The lowest BCUT2D eigenvalue weighted by Gasteiger charge is -2.17. The fourth-order valence-corrected chi connectivity index (χ4v) is 1.56. The van der Waals surface area contributed by atoms with Crippen molar-refractivity contribution in [3.8, 4) is 0 Å². The Labute approximate surface area is 101 Å². The summed E-state index contributed by atoms with van der Waals surface area (Å²) in [6.45, 7) is 3.91. The first-order valence-corrected chi connectivity index (χ1v) is 6.36. The summed E-state index contributed by atoms with van der Waals surface area (Å²) < 4.78 is 0. The van der Waals surface area contributed by atoms with E-state index in [1.807, 2.05) is 30.5 Å². The molecule has 0 fully saturated rings. The highest BCUT2D eigenvalue weighted by atomic mass is 32.2. The largest absolute Gasteiger partial charge is 0.350 e. The zero-order valence-corrected chi connectivity index (χ0v) is 10.7. The third-order valence-electron chi connectivity index (χ3n) is 2.20. The van der Waals surface area contributed by atoms with Crippen molar-refractivity contribution in [2.45, 2.75) is 30.8 Å². The maximum Gasteiger partial charge on any atom is 0.239 e. The first kappa shape index (κ1) is 13.1. The van der Waals surface area contributed by atoms with Crippen molar-refractivity contribution in [3.63, 3.8) is 0 Å². The highest BCUT2D eigenvalue weighted by Crippen LogP contribution is 2.14. The van der Waals surface area contributed by atoms with Crippen molar-refractivity contribution < 1.29 is 4.79 Å². The molecule has 0 aliphatic carbocycles. The number of amides is 1. The molecule has 1 aromatic rings. The first-order valence-electron chi connectivity index (χ1n) is 5.13. The summed E-state index contributed by atoms with van der Waals surface area (Å²) >= 11 is 1.70. The number of carbonyl (C=O) groups is 1. The topological polar surface area (TPSA) is 55.1 Å². The van der Waals surface area contributed by atoms with Crippen LogP contribution in [0.4, 0.5) is 0 Å². The molecule has 0 saturated heterocycles. The summed E-state index contributed by atoms with van der Waals surface area (Å²) in [5.74, 6) is -0.138. The molecule has 0 atom stereocenters. The normalized spacial score (nSPS) is 11.2. The molecule has 0 spiro atoms. The van der Waals surface area contributed by atoms with Crippen molar-refractivity contribution >= 4 is 17.7 Å². The van der Waals surface area contributed by atoms with Crippen molar-refractivity contribution in [1.82, 2.24) is 5.32 Å². The van der Waals surface area contributed by atoms with E-state index in [4.69, 9.17) is 5.73 Å². The molecule has 0 radical (unpaired) electrons. The van der Waals surface area contributed by atoms with E-state index in [9.17, 15) is 4.79 Å². The SMILES string of the molecule is CSc1ccc(CNC(=O)C(C)(C)N)cc1. The Morgan fingerprint density at radius 1 is 1.38 bits per heavy atom. The summed E-state index contributed by atoms with van der Waals surface area (Å²) in [7, 11) is 0. The van der Waals surface area contributed by atoms with Crippen LogP contribution in [0.3, 0.4) is 0 Å². The molecular weight excluding hydrogens is 220 g/mol. The zero-order valence-electron chi connectivity index (χ0n) is 9.91. The predicted octanol–water partition coefficient (Wildman–Crippen LogP) is 1.76. The average molecular weight is 238 g/mol. The van der Waals surface area contributed by atoms with Gasteiger partial charge in [0.05, 0.1) is 5.54 Å². The molecule has 1 aromatic carbocycles. The number of rotatable bonds is 4. The molecule has 0 aromatic heterocycles. The van der Waals surface area contributed by atoms with E-state index in [2.05, 4.69) is 5.32 Å². The molecule has 3 N–H and O–H groups in total. The van der Waals surface area contributed by atoms with Crippen molar-refractivity contribution in [1.29, 1.82) is 0 Å². The van der Waals surface area contributed by atoms with Crippen LogP contribution < -0.4 is 11.1 Å². The molecule has 3 nitrogen and oxygen atoms in total. The number of nitrogens with two attached hydrogens (primary N) is 1. The van der Waals surface area contributed by atoms with Crippen molar-refractivity contribution in [2.24, 2.45) is 5.73 Å². The minimum absolute atomic E-state index is 0.138. The Morgan fingerprint density at radius 3 is 2.38 bits per heavy atom. The Morgan fingerprint density at radius 2 is 1.94 bits per heavy atom. The lowest BCUT2D eigenvalue weighted by atomic mass is 10.1. The van der Waals surface area contributed by atoms with Crippen LogP contribution in [0.25, 0.3) is 0 Å². The second-order valence-corrected chi connectivity index (χ2v) is 5.13. The molecule has 1 amide bonds. The smallest absolute Gasteiger partial charge is 0.239 e. The molecule has 1 rings (SSSR count). The number of thioether (sulfide) groups is 1.